The molecule has 4 heterocycles. The minimum atomic E-state index is 0.434. The second-order valence-corrected chi connectivity index (χ2v) is 4.99. The van der Waals surface area contributed by atoms with Crippen LogP contribution in [0.1, 0.15) is 0 Å². The summed E-state index contributed by atoms with van der Waals surface area (Å²) in [6, 6.07) is 0.582. The van der Waals surface area contributed by atoms with Gasteiger partial charge in [-0.05, 0) is 0 Å². The van der Waals surface area contributed by atoms with E-state index in [9.17, 15) is 0 Å². The van der Waals surface area contributed by atoms with Gasteiger partial charge in [-0.25, -0.2) is 4.98 Å². The molecule has 5 nitrogen and oxygen atoms in total. The Morgan fingerprint density at radius 2 is 2.12 bits per heavy atom. The molecule has 0 aliphatic carbocycles. The molecule has 2 bridgehead atoms. The number of hydrogen-bond donors (Lipinski definition) is 1. The van der Waals surface area contributed by atoms with E-state index in [1.807, 2.05) is 0 Å². The summed E-state index contributed by atoms with van der Waals surface area (Å²) < 4.78 is 0. The first-order chi connectivity index (χ1) is 8.31. The quantitative estimate of drug-likeness (QED) is 0.852. The van der Waals surface area contributed by atoms with E-state index in [1.165, 1.54) is 26.2 Å². The highest BCUT2D eigenvalue weighted by Crippen LogP contribution is 2.16. The number of anilines is 1. The fraction of sp³-hybridized carbons (Fsp3) is 0.636. The van der Waals surface area contributed by atoms with E-state index in [0.717, 1.165) is 18.9 Å². The Bertz CT molecular complexity index is 391. The van der Waals surface area contributed by atoms with Gasteiger partial charge in [-0.2, -0.15) is 0 Å². The van der Waals surface area contributed by atoms with Gasteiger partial charge in [0.25, 0.3) is 0 Å². The predicted octanol–water partition coefficient (Wildman–Crippen LogP) is 0.542. The van der Waals surface area contributed by atoms with Gasteiger partial charge in [0, 0.05) is 45.3 Å². The molecule has 92 valence electrons. The van der Waals surface area contributed by atoms with Gasteiger partial charge in [0.05, 0.1) is 12.4 Å². The van der Waals surface area contributed by atoms with E-state index in [-0.39, 0.29) is 0 Å². The maximum atomic E-state index is 5.80. The van der Waals surface area contributed by atoms with Crippen molar-refractivity contribution in [3.05, 3.63) is 17.5 Å². The van der Waals surface area contributed by atoms with Crippen LogP contribution in [-0.4, -0.2) is 65.1 Å². The maximum absolute atomic E-state index is 5.80. The molecule has 1 atom stereocenters. The van der Waals surface area contributed by atoms with Gasteiger partial charge >= 0.3 is 0 Å². The molecule has 1 aromatic heterocycles. The number of aromatic nitrogens is 2. The van der Waals surface area contributed by atoms with Crippen molar-refractivity contribution in [1.29, 1.82) is 0 Å². The Hall–Kier alpha value is -0.910. The third kappa shape index (κ3) is 2.51. The molecule has 6 heteroatoms. The van der Waals surface area contributed by atoms with Crippen molar-refractivity contribution in [1.82, 2.24) is 19.8 Å². The van der Waals surface area contributed by atoms with Gasteiger partial charge in [0.2, 0.25) is 0 Å². The number of halogens is 1. The van der Waals surface area contributed by atoms with Gasteiger partial charge in [-0.1, -0.05) is 11.6 Å². The van der Waals surface area contributed by atoms with Crippen LogP contribution in [0.15, 0.2) is 12.4 Å². The number of piperazine rings is 3. The Morgan fingerprint density at radius 1 is 1.29 bits per heavy atom. The van der Waals surface area contributed by atoms with E-state index < -0.39 is 0 Å². The second-order valence-electron chi connectivity index (χ2n) is 4.60. The van der Waals surface area contributed by atoms with Crippen molar-refractivity contribution in [2.45, 2.75) is 6.04 Å². The highest BCUT2D eigenvalue weighted by atomic mass is 35.5. The molecular weight excluding hydrogens is 238 g/mol. The Kier molecular flexibility index (Phi) is 3.13. The van der Waals surface area contributed by atoms with Crippen molar-refractivity contribution in [2.24, 2.45) is 0 Å². The van der Waals surface area contributed by atoms with E-state index in [2.05, 4.69) is 25.1 Å². The molecule has 3 aliphatic heterocycles. The largest absolute Gasteiger partial charge is 0.367 e. The van der Waals surface area contributed by atoms with E-state index >= 15 is 0 Å². The molecule has 3 saturated heterocycles. The normalized spacial score (nSPS) is 31.5. The molecule has 1 unspecified atom stereocenters. The van der Waals surface area contributed by atoms with Gasteiger partial charge in [0.15, 0.2) is 0 Å². The smallest absolute Gasteiger partial charge is 0.149 e. The lowest BCUT2D eigenvalue weighted by Crippen LogP contribution is -2.62. The van der Waals surface area contributed by atoms with E-state index in [4.69, 9.17) is 11.6 Å². The summed E-state index contributed by atoms with van der Waals surface area (Å²) in [5, 5.41) is 3.75. The van der Waals surface area contributed by atoms with Gasteiger partial charge in [0.1, 0.15) is 11.0 Å². The number of fused-ring (bicyclic) bond motifs is 3. The fourth-order valence-electron chi connectivity index (χ4n) is 2.57. The monoisotopic (exact) mass is 253 g/mol. The number of hydrogen-bond acceptors (Lipinski definition) is 5. The van der Waals surface area contributed by atoms with Gasteiger partial charge < -0.3 is 5.32 Å². The molecule has 1 N–H and O–H groups in total. The molecule has 4 rings (SSSR count). The Labute approximate surface area is 106 Å². The van der Waals surface area contributed by atoms with Crippen LogP contribution in [0.5, 0.6) is 0 Å². The first-order valence-corrected chi connectivity index (χ1v) is 6.37. The molecule has 1 aromatic rings. The summed E-state index contributed by atoms with van der Waals surface area (Å²) in [7, 11) is 0. The molecule has 3 aliphatic rings. The van der Waals surface area contributed by atoms with Crippen molar-refractivity contribution in [3.8, 4) is 0 Å². The van der Waals surface area contributed by atoms with Crippen LogP contribution in [0.25, 0.3) is 0 Å². The van der Waals surface area contributed by atoms with Crippen LogP contribution in [0.2, 0.25) is 5.15 Å². The lowest BCUT2D eigenvalue weighted by atomic mass is 10.1. The summed E-state index contributed by atoms with van der Waals surface area (Å²) >= 11 is 5.80. The number of rotatable bonds is 3. The summed E-state index contributed by atoms with van der Waals surface area (Å²) in [6.45, 7) is 6.87. The summed E-state index contributed by atoms with van der Waals surface area (Å²) in [4.78, 5) is 13.3. The third-order valence-corrected chi connectivity index (χ3v) is 3.70. The molecule has 0 radical (unpaired) electrons. The van der Waals surface area contributed by atoms with Crippen molar-refractivity contribution in [2.75, 3.05) is 44.6 Å². The number of nitrogens with zero attached hydrogens (tertiary/aromatic N) is 4. The van der Waals surface area contributed by atoms with Crippen molar-refractivity contribution >= 4 is 17.4 Å². The molecule has 3 fully saturated rings. The highest BCUT2D eigenvalue weighted by Gasteiger charge is 2.31. The SMILES string of the molecule is Clc1cncc(NCC2CN3CCN2CC3)n1. The van der Waals surface area contributed by atoms with Crippen LogP contribution in [0.4, 0.5) is 5.82 Å². The minimum absolute atomic E-state index is 0.434. The van der Waals surface area contributed by atoms with E-state index in [1.54, 1.807) is 12.4 Å². The lowest BCUT2D eigenvalue weighted by Gasteiger charge is -2.47. The van der Waals surface area contributed by atoms with Crippen LogP contribution < -0.4 is 5.32 Å². The summed E-state index contributed by atoms with van der Waals surface area (Å²) in [5.74, 6) is 0.759. The predicted molar refractivity (Wildman–Crippen MR) is 67.3 cm³/mol. The first kappa shape index (κ1) is 11.2. The topological polar surface area (TPSA) is 44.3 Å². The highest BCUT2D eigenvalue weighted by molar-refractivity contribution is 6.29. The van der Waals surface area contributed by atoms with Crippen LogP contribution >= 0.6 is 11.6 Å². The Morgan fingerprint density at radius 3 is 2.76 bits per heavy atom. The zero-order chi connectivity index (χ0) is 11.7. The summed E-state index contributed by atoms with van der Waals surface area (Å²) in [6.07, 6.45) is 3.26. The molecule has 0 spiro atoms. The van der Waals surface area contributed by atoms with Crippen LogP contribution in [0.3, 0.4) is 0 Å². The molecule has 0 amide bonds. The third-order valence-electron chi connectivity index (χ3n) is 3.52. The zero-order valence-electron chi connectivity index (χ0n) is 9.64. The average molecular weight is 254 g/mol. The van der Waals surface area contributed by atoms with Gasteiger partial charge in [-0.15, -0.1) is 0 Å². The fourth-order valence-corrected chi connectivity index (χ4v) is 2.72. The summed E-state index contributed by atoms with van der Waals surface area (Å²) in [5.41, 5.74) is 0. The lowest BCUT2D eigenvalue weighted by molar-refractivity contribution is 0.0189. The van der Waals surface area contributed by atoms with Crippen LogP contribution in [0, 0.1) is 0 Å². The Balaban J connectivity index is 1.57. The first-order valence-electron chi connectivity index (χ1n) is 5.99. The van der Waals surface area contributed by atoms with Crippen molar-refractivity contribution in [3.63, 3.8) is 0 Å². The average Bonchev–Trinajstić information content (AvgIpc) is 2.38. The standard InChI is InChI=1S/C11H16ClN5/c12-10-6-13-7-11(15-10)14-5-9-8-16-1-3-17(9)4-2-16/h6-7,9H,1-5,8H2,(H,14,15). The zero-order valence-corrected chi connectivity index (χ0v) is 10.4. The molecule has 17 heavy (non-hydrogen) atoms. The molecule has 0 aromatic carbocycles. The molecule has 0 saturated carbocycles. The maximum Gasteiger partial charge on any atom is 0.149 e. The number of nitrogens with one attached hydrogen (secondary N) is 1. The van der Waals surface area contributed by atoms with Crippen LogP contribution in [-0.2, 0) is 0 Å². The van der Waals surface area contributed by atoms with E-state index in [0.29, 0.717) is 11.2 Å². The van der Waals surface area contributed by atoms with Gasteiger partial charge in [-0.3, -0.25) is 14.8 Å². The van der Waals surface area contributed by atoms with Crippen molar-refractivity contribution < 1.29 is 0 Å². The minimum Gasteiger partial charge on any atom is -0.367 e. The second kappa shape index (κ2) is 4.76. The molecular formula is C11H16ClN5.